The lowest BCUT2D eigenvalue weighted by Crippen LogP contribution is -2.50. The molecule has 1 aromatic carbocycles. The van der Waals surface area contributed by atoms with Crippen LogP contribution in [0.1, 0.15) is 27.2 Å². The van der Waals surface area contributed by atoms with Gasteiger partial charge in [0.2, 0.25) is 0 Å². The van der Waals surface area contributed by atoms with Crippen LogP contribution in [0.5, 0.6) is 11.5 Å². The second kappa shape index (κ2) is 8.12. The normalized spacial score (nSPS) is 14.1. The van der Waals surface area contributed by atoms with Gasteiger partial charge in [-0.2, -0.15) is 0 Å². The first kappa shape index (κ1) is 16.8. The fraction of sp³-hybridized carbons (Fsp3) is 0.625. The summed E-state index contributed by atoms with van der Waals surface area (Å²) in [5, 5.41) is 0. The van der Waals surface area contributed by atoms with Crippen molar-refractivity contribution in [1.29, 1.82) is 0 Å². The molecule has 0 fully saturated rings. The summed E-state index contributed by atoms with van der Waals surface area (Å²) in [4.78, 5) is 2.26. The maximum Gasteiger partial charge on any atom is 0.161 e. The Hall–Kier alpha value is -1.26. The quantitative estimate of drug-likeness (QED) is 0.755. The Balaban J connectivity index is 2.52. The molecule has 0 aliphatic heterocycles. The summed E-state index contributed by atoms with van der Waals surface area (Å²) in [6.07, 6.45) is 1.02. The molecule has 4 nitrogen and oxygen atoms in total. The van der Waals surface area contributed by atoms with Gasteiger partial charge in [-0.1, -0.05) is 19.1 Å². The lowest BCUT2D eigenvalue weighted by molar-refractivity contribution is 0.115. The summed E-state index contributed by atoms with van der Waals surface area (Å²) in [5.74, 6) is 1.60. The van der Waals surface area contributed by atoms with Gasteiger partial charge in [-0.3, -0.25) is 4.90 Å². The van der Waals surface area contributed by atoms with Crippen LogP contribution in [-0.2, 0) is 0 Å². The average molecular weight is 280 g/mol. The van der Waals surface area contributed by atoms with E-state index in [1.165, 1.54) is 0 Å². The number of ether oxygens (including phenoxy) is 2. The molecule has 4 heteroatoms. The maximum atomic E-state index is 5.86. The van der Waals surface area contributed by atoms with E-state index >= 15 is 0 Å². The molecule has 0 saturated carbocycles. The highest BCUT2D eigenvalue weighted by atomic mass is 16.5. The van der Waals surface area contributed by atoms with E-state index in [0.29, 0.717) is 19.8 Å². The van der Waals surface area contributed by atoms with Crippen molar-refractivity contribution in [1.82, 2.24) is 4.90 Å². The fourth-order valence-electron chi connectivity index (χ4n) is 1.98. The summed E-state index contributed by atoms with van der Waals surface area (Å²) in [5.41, 5.74) is 5.89. The second-order valence-electron chi connectivity index (χ2n) is 5.20. The number of benzene rings is 1. The van der Waals surface area contributed by atoms with Crippen LogP contribution in [0, 0.1) is 0 Å². The molecule has 1 atom stereocenters. The maximum absolute atomic E-state index is 5.86. The number of nitrogens with zero attached hydrogens (tertiary/aromatic N) is 1. The number of nitrogens with two attached hydrogens (primary N) is 1. The molecular weight excluding hydrogens is 252 g/mol. The fourth-order valence-corrected chi connectivity index (χ4v) is 1.98. The van der Waals surface area contributed by atoms with Crippen LogP contribution >= 0.6 is 0 Å². The van der Waals surface area contributed by atoms with Gasteiger partial charge in [-0.25, -0.2) is 0 Å². The lowest BCUT2D eigenvalue weighted by atomic mass is 9.97. The van der Waals surface area contributed by atoms with Crippen LogP contribution in [-0.4, -0.2) is 43.8 Å². The Bertz CT molecular complexity index is 392. The summed E-state index contributed by atoms with van der Waals surface area (Å²) < 4.78 is 11.4. The zero-order chi connectivity index (χ0) is 15.0. The lowest BCUT2D eigenvalue weighted by Gasteiger charge is -2.37. The first-order valence-electron chi connectivity index (χ1n) is 7.33. The first-order valence-corrected chi connectivity index (χ1v) is 7.33. The largest absolute Gasteiger partial charge is 0.490 e. The molecule has 0 aliphatic rings. The van der Waals surface area contributed by atoms with E-state index in [1.807, 2.05) is 31.2 Å². The molecule has 0 aromatic heterocycles. The molecular formula is C16H28N2O2. The van der Waals surface area contributed by atoms with E-state index in [1.54, 1.807) is 0 Å². The number of likely N-dealkylation sites (N-methyl/N-ethyl adjacent to an activating group) is 1. The first-order chi connectivity index (χ1) is 9.57. The van der Waals surface area contributed by atoms with Gasteiger partial charge in [-0.15, -0.1) is 0 Å². The number of hydrogen-bond donors (Lipinski definition) is 1. The summed E-state index contributed by atoms with van der Waals surface area (Å²) in [6.45, 7) is 9.06. The molecule has 1 unspecified atom stereocenters. The van der Waals surface area contributed by atoms with Crippen molar-refractivity contribution in [3.63, 3.8) is 0 Å². The van der Waals surface area contributed by atoms with Crippen LogP contribution in [0.4, 0.5) is 0 Å². The summed E-state index contributed by atoms with van der Waals surface area (Å²) in [6, 6.07) is 7.77. The van der Waals surface area contributed by atoms with Crippen molar-refractivity contribution in [3.05, 3.63) is 24.3 Å². The Morgan fingerprint density at radius 1 is 1.15 bits per heavy atom. The van der Waals surface area contributed by atoms with Crippen LogP contribution in [0.15, 0.2) is 24.3 Å². The van der Waals surface area contributed by atoms with Crippen LogP contribution in [0.2, 0.25) is 0 Å². The van der Waals surface area contributed by atoms with Gasteiger partial charge >= 0.3 is 0 Å². The molecule has 0 heterocycles. The highest BCUT2D eigenvalue weighted by Crippen LogP contribution is 2.26. The van der Waals surface area contributed by atoms with Crippen molar-refractivity contribution < 1.29 is 9.47 Å². The Labute approximate surface area is 122 Å². The minimum absolute atomic E-state index is 0.0306. The molecule has 0 saturated heterocycles. The zero-order valence-corrected chi connectivity index (χ0v) is 13.2. The van der Waals surface area contributed by atoms with E-state index in [9.17, 15) is 0 Å². The molecule has 0 spiro atoms. The minimum Gasteiger partial charge on any atom is -0.490 e. The van der Waals surface area contributed by atoms with Crippen molar-refractivity contribution in [3.8, 4) is 11.5 Å². The monoisotopic (exact) mass is 280 g/mol. The number of hydrogen-bond acceptors (Lipinski definition) is 4. The van der Waals surface area contributed by atoms with Gasteiger partial charge in [0.15, 0.2) is 11.5 Å². The smallest absolute Gasteiger partial charge is 0.161 e. The van der Waals surface area contributed by atoms with Crippen molar-refractivity contribution in [2.45, 2.75) is 32.7 Å². The third kappa shape index (κ3) is 4.39. The number of para-hydroxylation sites is 2. The van der Waals surface area contributed by atoms with Crippen molar-refractivity contribution in [2.24, 2.45) is 5.73 Å². The van der Waals surface area contributed by atoms with E-state index in [0.717, 1.165) is 24.5 Å². The highest BCUT2D eigenvalue weighted by Gasteiger charge is 2.25. The molecule has 1 aromatic rings. The molecule has 0 bridgehead atoms. The van der Waals surface area contributed by atoms with E-state index in [2.05, 4.69) is 25.8 Å². The van der Waals surface area contributed by atoms with Crippen molar-refractivity contribution in [2.75, 3.05) is 33.4 Å². The van der Waals surface area contributed by atoms with Crippen LogP contribution in [0.3, 0.4) is 0 Å². The molecule has 20 heavy (non-hydrogen) atoms. The van der Waals surface area contributed by atoms with Crippen LogP contribution in [0.25, 0.3) is 0 Å². The highest BCUT2D eigenvalue weighted by molar-refractivity contribution is 5.39. The Kier molecular flexibility index (Phi) is 6.82. The molecule has 0 aliphatic carbocycles. The zero-order valence-electron chi connectivity index (χ0n) is 13.2. The minimum atomic E-state index is 0.0306. The second-order valence-corrected chi connectivity index (χ2v) is 5.20. The van der Waals surface area contributed by atoms with Gasteiger partial charge in [-0.05, 0) is 39.4 Å². The Morgan fingerprint density at radius 3 is 2.25 bits per heavy atom. The van der Waals surface area contributed by atoms with Crippen molar-refractivity contribution >= 4 is 0 Å². The molecule has 2 N–H and O–H groups in total. The van der Waals surface area contributed by atoms with Gasteiger partial charge in [0.25, 0.3) is 0 Å². The van der Waals surface area contributed by atoms with E-state index in [-0.39, 0.29) is 5.54 Å². The SMILES string of the molecule is CCOc1ccccc1OCCN(C)C(C)(CC)CN. The van der Waals surface area contributed by atoms with Gasteiger partial charge in [0.1, 0.15) is 6.61 Å². The van der Waals surface area contributed by atoms with E-state index < -0.39 is 0 Å². The number of rotatable bonds is 9. The van der Waals surface area contributed by atoms with Gasteiger partial charge in [0, 0.05) is 18.6 Å². The molecule has 0 radical (unpaired) electrons. The summed E-state index contributed by atoms with van der Waals surface area (Å²) >= 11 is 0. The molecule has 114 valence electrons. The average Bonchev–Trinajstić information content (AvgIpc) is 2.48. The summed E-state index contributed by atoms with van der Waals surface area (Å²) in [7, 11) is 2.09. The van der Waals surface area contributed by atoms with Gasteiger partial charge in [0.05, 0.1) is 6.61 Å². The van der Waals surface area contributed by atoms with Gasteiger partial charge < -0.3 is 15.2 Å². The standard InChI is InChI=1S/C16H28N2O2/c1-5-16(3,13-17)18(4)11-12-20-15-10-8-7-9-14(15)19-6-2/h7-10H,5-6,11-13,17H2,1-4H3. The topological polar surface area (TPSA) is 47.7 Å². The molecule has 0 amide bonds. The van der Waals surface area contributed by atoms with E-state index in [4.69, 9.17) is 15.2 Å². The molecule has 1 rings (SSSR count). The third-order valence-corrected chi connectivity index (χ3v) is 3.96. The predicted octanol–water partition coefficient (Wildman–Crippen LogP) is 2.52. The Morgan fingerprint density at radius 2 is 1.75 bits per heavy atom. The predicted molar refractivity (Wildman–Crippen MR) is 83.5 cm³/mol. The third-order valence-electron chi connectivity index (χ3n) is 3.96. The van der Waals surface area contributed by atoms with Crippen LogP contribution < -0.4 is 15.2 Å².